The van der Waals surface area contributed by atoms with Crippen LogP contribution in [0.5, 0.6) is 0 Å². The number of rotatable bonds is 5. The SMILES string of the molecule is Brc1ccc(N=NC(Cc2ccco2)c2ccccc2)nc1. The summed E-state index contributed by atoms with van der Waals surface area (Å²) < 4.78 is 6.35. The molecule has 0 saturated heterocycles. The number of aromatic nitrogens is 1. The third-order valence-corrected chi connectivity index (χ3v) is 3.64. The summed E-state index contributed by atoms with van der Waals surface area (Å²) in [4.78, 5) is 4.21. The van der Waals surface area contributed by atoms with Gasteiger partial charge in [0.2, 0.25) is 0 Å². The molecule has 0 amide bonds. The van der Waals surface area contributed by atoms with Crippen LogP contribution in [0.1, 0.15) is 17.4 Å². The lowest BCUT2D eigenvalue weighted by Crippen LogP contribution is -1.98. The fourth-order valence-corrected chi connectivity index (χ4v) is 2.31. The van der Waals surface area contributed by atoms with Gasteiger partial charge in [-0.05, 0) is 45.8 Å². The molecule has 5 heteroatoms. The topological polar surface area (TPSA) is 50.8 Å². The first-order valence-corrected chi connectivity index (χ1v) is 7.70. The van der Waals surface area contributed by atoms with Crippen molar-refractivity contribution >= 4 is 21.7 Å². The molecule has 2 heterocycles. The second-order valence-electron chi connectivity index (χ2n) is 4.76. The number of pyridine rings is 1. The van der Waals surface area contributed by atoms with E-state index in [0.717, 1.165) is 15.8 Å². The summed E-state index contributed by atoms with van der Waals surface area (Å²) in [6.07, 6.45) is 4.04. The fourth-order valence-electron chi connectivity index (χ4n) is 2.08. The summed E-state index contributed by atoms with van der Waals surface area (Å²) in [6.45, 7) is 0. The molecule has 0 fully saturated rings. The summed E-state index contributed by atoms with van der Waals surface area (Å²) in [6, 6.07) is 17.5. The normalized spacial score (nSPS) is 12.6. The van der Waals surface area contributed by atoms with Crippen LogP contribution in [0.4, 0.5) is 5.82 Å². The number of nitrogens with zero attached hydrogens (tertiary/aromatic N) is 3. The van der Waals surface area contributed by atoms with Crippen LogP contribution in [0.25, 0.3) is 0 Å². The van der Waals surface area contributed by atoms with E-state index < -0.39 is 0 Å². The summed E-state index contributed by atoms with van der Waals surface area (Å²) >= 11 is 3.35. The zero-order chi connectivity index (χ0) is 15.2. The lowest BCUT2D eigenvalue weighted by Gasteiger charge is -2.10. The Bertz CT molecular complexity index is 724. The maximum absolute atomic E-state index is 5.43. The quantitative estimate of drug-likeness (QED) is 0.567. The highest BCUT2D eigenvalue weighted by Crippen LogP contribution is 2.24. The zero-order valence-electron chi connectivity index (χ0n) is 11.8. The summed E-state index contributed by atoms with van der Waals surface area (Å²) in [5.41, 5.74) is 1.10. The van der Waals surface area contributed by atoms with Crippen LogP contribution in [-0.4, -0.2) is 4.98 Å². The second kappa shape index (κ2) is 7.13. The largest absolute Gasteiger partial charge is 0.469 e. The van der Waals surface area contributed by atoms with E-state index in [1.807, 2.05) is 54.6 Å². The van der Waals surface area contributed by atoms with Crippen molar-refractivity contribution in [2.45, 2.75) is 12.5 Å². The van der Waals surface area contributed by atoms with E-state index in [4.69, 9.17) is 4.42 Å². The van der Waals surface area contributed by atoms with Crippen molar-refractivity contribution in [3.05, 3.63) is 82.9 Å². The van der Waals surface area contributed by atoms with E-state index in [2.05, 4.69) is 31.1 Å². The maximum Gasteiger partial charge on any atom is 0.174 e. The van der Waals surface area contributed by atoms with Gasteiger partial charge in [-0.1, -0.05) is 30.3 Å². The molecule has 2 aromatic heterocycles. The number of hydrogen-bond donors (Lipinski definition) is 0. The third kappa shape index (κ3) is 3.89. The minimum Gasteiger partial charge on any atom is -0.469 e. The van der Waals surface area contributed by atoms with Gasteiger partial charge in [0.1, 0.15) is 11.8 Å². The van der Waals surface area contributed by atoms with Gasteiger partial charge >= 0.3 is 0 Å². The summed E-state index contributed by atoms with van der Waals surface area (Å²) in [7, 11) is 0. The van der Waals surface area contributed by atoms with Crippen molar-refractivity contribution in [1.29, 1.82) is 0 Å². The molecule has 1 atom stereocenters. The van der Waals surface area contributed by atoms with Crippen molar-refractivity contribution in [1.82, 2.24) is 4.98 Å². The van der Waals surface area contributed by atoms with E-state index in [-0.39, 0.29) is 6.04 Å². The van der Waals surface area contributed by atoms with Crippen molar-refractivity contribution < 1.29 is 4.42 Å². The average molecular weight is 356 g/mol. The third-order valence-electron chi connectivity index (χ3n) is 3.17. The monoisotopic (exact) mass is 355 g/mol. The molecule has 0 aliphatic carbocycles. The van der Waals surface area contributed by atoms with Gasteiger partial charge in [0.25, 0.3) is 0 Å². The number of benzene rings is 1. The molecule has 3 rings (SSSR count). The Hall–Kier alpha value is -2.27. The minimum atomic E-state index is -0.0993. The Balaban J connectivity index is 1.83. The molecular formula is C17H14BrN3O. The van der Waals surface area contributed by atoms with Gasteiger partial charge in [-0.3, -0.25) is 0 Å². The molecule has 0 spiro atoms. The average Bonchev–Trinajstić information content (AvgIpc) is 3.07. The van der Waals surface area contributed by atoms with Crippen LogP contribution in [0, 0.1) is 0 Å². The second-order valence-corrected chi connectivity index (χ2v) is 5.68. The van der Waals surface area contributed by atoms with Crippen LogP contribution in [0.2, 0.25) is 0 Å². The first kappa shape index (κ1) is 14.7. The Morgan fingerprint density at radius 1 is 1.05 bits per heavy atom. The molecule has 0 N–H and O–H groups in total. The maximum atomic E-state index is 5.43. The predicted octanol–water partition coefficient (Wildman–Crippen LogP) is 5.50. The Labute approximate surface area is 137 Å². The Kier molecular flexibility index (Phi) is 4.75. The summed E-state index contributed by atoms with van der Waals surface area (Å²) in [5, 5.41) is 8.71. The molecule has 3 aromatic rings. The lowest BCUT2D eigenvalue weighted by molar-refractivity contribution is 0.485. The highest BCUT2D eigenvalue weighted by Gasteiger charge is 2.13. The molecule has 0 radical (unpaired) electrons. The van der Waals surface area contributed by atoms with Crippen molar-refractivity contribution in [3.8, 4) is 0 Å². The fraction of sp³-hybridized carbons (Fsp3) is 0.118. The van der Waals surface area contributed by atoms with Gasteiger partial charge in [0.15, 0.2) is 5.82 Å². The molecule has 1 aromatic carbocycles. The highest BCUT2D eigenvalue weighted by atomic mass is 79.9. The highest BCUT2D eigenvalue weighted by molar-refractivity contribution is 9.10. The Morgan fingerprint density at radius 3 is 2.59 bits per heavy atom. The van der Waals surface area contributed by atoms with E-state index in [1.165, 1.54) is 0 Å². The van der Waals surface area contributed by atoms with Crippen LogP contribution in [0.15, 0.2) is 86.2 Å². The molecule has 0 saturated carbocycles. The van der Waals surface area contributed by atoms with Gasteiger partial charge in [-0.25, -0.2) is 4.98 Å². The van der Waals surface area contributed by atoms with Crippen molar-refractivity contribution in [2.75, 3.05) is 0 Å². The van der Waals surface area contributed by atoms with Gasteiger partial charge in [0, 0.05) is 17.1 Å². The van der Waals surface area contributed by atoms with Crippen molar-refractivity contribution in [3.63, 3.8) is 0 Å². The van der Waals surface area contributed by atoms with Gasteiger partial charge < -0.3 is 4.42 Å². The predicted molar refractivity (Wildman–Crippen MR) is 88.0 cm³/mol. The van der Waals surface area contributed by atoms with Gasteiger partial charge in [-0.2, -0.15) is 5.11 Å². The molecule has 110 valence electrons. The van der Waals surface area contributed by atoms with Crippen LogP contribution < -0.4 is 0 Å². The van der Waals surface area contributed by atoms with Crippen LogP contribution in [-0.2, 0) is 6.42 Å². The molecule has 0 aliphatic rings. The molecule has 22 heavy (non-hydrogen) atoms. The molecule has 0 bridgehead atoms. The zero-order valence-corrected chi connectivity index (χ0v) is 13.3. The number of furan rings is 1. The Morgan fingerprint density at radius 2 is 1.91 bits per heavy atom. The smallest absolute Gasteiger partial charge is 0.174 e. The van der Waals surface area contributed by atoms with Crippen LogP contribution >= 0.6 is 15.9 Å². The van der Waals surface area contributed by atoms with Crippen molar-refractivity contribution in [2.24, 2.45) is 10.2 Å². The standard InChI is InChI=1S/C17H14BrN3O/c18-14-8-9-17(19-12-14)21-20-16(11-15-7-4-10-22-15)13-5-2-1-3-6-13/h1-10,12,16H,11H2. The molecule has 0 aliphatic heterocycles. The lowest BCUT2D eigenvalue weighted by atomic mass is 10.0. The van der Waals surface area contributed by atoms with Crippen LogP contribution in [0.3, 0.4) is 0 Å². The number of azo groups is 1. The number of halogens is 1. The van der Waals surface area contributed by atoms with E-state index in [1.54, 1.807) is 12.5 Å². The van der Waals surface area contributed by atoms with E-state index in [9.17, 15) is 0 Å². The number of hydrogen-bond acceptors (Lipinski definition) is 4. The van der Waals surface area contributed by atoms with Gasteiger partial charge in [-0.15, -0.1) is 5.11 Å². The molecule has 1 unspecified atom stereocenters. The molecule has 4 nitrogen and oxygen atoms in total. The summed E-state index contributed by atoms with van der Waals surface area (Å²) in [5.74, 6) is 1.47. The first-order chi connectivity index (χ1) is 10.8. The van der Waals surface area contributed by atoms with E-state index in [0.29, 0.717) is 12.2 Å². The molecular weight excluding hydrogens is 342 g/mol. The first-order valence-electron chi connectivity index (χ1n) is 6.91. The van der Waals surface area contributed by atoms with Gasteiger partial charge in [0.05, 0.1) is 6.26 Å². The minimum absolute atomic E-state index is 0.0993. The van der Waals surface area contributed by atoms with E-state index >= 15 is 0 Å².